The van der Waals surface area contributed by atoms with Crippen molar-refractivity contribution in [1.82, 2.24) is 0 Å². The SMILES string of the molecule is CCOC(=O)/C=C/c1ccc(C(=O)c2ccccc2)cc1. The minimum absolute atomic E-state index is 0.0171. The first-order valence-electron chi connectivity index (χ1n) is 6.75. The normalized spacial score (nSPS) is 10.5. The molecule has 106 valence electrons. The number of rotatable bonds is 5. The van der Waals surface area contributed by atoms with Gasteiger partial charge in [0.1, 0.15) is 0 Å². The highest BCUT2D eigenvalue weighted by molar-refractivity contribution is 6.09. The summed E-state index contributed by atoms with van der Waals surface area (Å²) in [4.78, 5) is 23.4. The predicted molar refractivity (Wildman–Crippen MR) is 82.0 cm³/mol. The van der Waals surface area contributed by atoms with Gasteiger partial charge in [-0.05, 0) is 18.6 Å². The highest BCUT2D eigenvalue weighted by Crippen LogP contribution is 2.12. The predicted octanol–water partition coefficient (Wildman–Crippen LogP) is 3.49. The van der Waals surface area contributed by atoms with Gasteiger partial charge in [-0.15, -0.1) is 0 Å². The molecule has 3 heteroatoms. The van der Waals surface area contributed by atoms with Gasteiger partial charge in [0.15, 0.2) is 5.78 Å². The lowest BCUT2D eigenvalue weighted by molar-refractivity contribution is -0.137. The number of hydrogen-bond acceptors (Lipinski definition) is 3. The number of esters is 1. The zero-order valence-corrected chi connectivity index (χ0v) is 11.8. The fourth-order valence-corrected chi connectivity index (χ4v) is 1.86. The van der Waals surface area contributed by atoms with Crippen LogP contribution in [0.3, 0.4) is 0 Å². The summed E-state index contributed by atoms with van der Waals surface area (Å²) in [5.74, 6) is -0.390. The van der Waals surface area contributed by atoms with Gasteiger partial charge in [-0.3, -0.25) is 4.79 Å². The molecule has 2 rings (SSSR count). The molecule has 21 heavy (non-hydrogen) atoms. The van der Waals surface area contributed by atoms with Crippen molar-refractivity contribution in [3.8, 4) is 0 Å². The van der Waals surface area contributed by atoms with E-state index in [-0.39, 0.29) is 11.8 Å². The Hall–Kier alpha value is -2.68. The van der Waals surface area contributed by atoms with Crippen molar-refractivity contribution in [3.05, 3.63) is 77.4 Å². The molecule has 0 aliphatic carbocycles. The topological polar surface area (TPSA) is 43.4 Å². The van der Waals surface area contributed by atoms with Crippen LogP contribution in [-0.4, -0.2) is 18.4 Å². The average Bonchev–Trinajstić information content (AvgIpc) is 2.54. The van der Waals surface area contributed by atoms with Gasteiger partial charge < -0.3 is 4.74 Å². The van der Waals surface area contributed by atoms with Crippen molar-refractivity contribution in [2.75, 3.05) is 6.61 Å². The van der Waals surface area contributed by atoms with E-state index in [4.69, 9.17) is 4.74 Å². The minimum Gasteiger partial charge on any atom is -0.463 e. The molecule has 0 bridgehead atoms. The van der Waals surface area contributed by atoms with E-state index in [1.807, 2.05) is 18.2 Å². The first-order chi connectivity index (χ1) is 10.2. The number of hydrogen-bond donors (Lipinski definition) is 0. The summed E-state index contributed by atoms with van der Waals surface area (Å²) in [5.41, 5.74) is 2.12. The summed E-state index contributed by atoms with van der Waals surface area (Å²) in [7, 11) is 0. The van der Waals surface area contributed by atoms with E-state index in [2.05, 4.69) is 0 Å². The molecule has 0 amide bonds. The number of ether oxygens (including phenoxy) is 1. The zero-order valence-electron chi connectivity index (χ0n) is 11.8. The molecule has 0 spiro atoms. The second-order valence-corrected chi connectivity index (χ2v) is 4.40. The van der Waals surface area contributed by atoms with E-state index in [1.165, 1.54) is 6.08 Å². The molecule has 0 atom stereocenters. The molecule has 0 saturated heterocycles. The van der Waals surface area contributed by atoms with Crippen molar-refractivity contribution < 1.29 is 14.3 Å². The standard InChI is InChI=1S/C18H16O3/c1-2-21-17(19)13-10-14-8-11-16(12-9-14)18(20)15-6-4-3-5-7-15/h3-13H,2H2,1H3/b13-10+. The maximum absolute atomic E-state index is 12.2. The maximum atomic E-state index is 12.2. The summed E-state index contributed by atoms with van der Waals surface area (Å²) >= 11 is 0. The Bertz CT molecular complexity index is 640. The summed E-state index contributed by atoms with van der Waals surface area (Å²) in [6.07, 6.45) is 3.03. The van der Waals surface area contributed by atoms with Crippen molar-refractivity contribution in [2.24, 2.45) is 0 Å². The lowest BCUT2D eigenvalue weighted by Crippen LogP contribution is -2.00. The fourth-order valence-electron chi connectivity index (χ4n) is 1.86. The van der Waals surface area contributed by atoms with Crippen LogP contribution in [0.25, 0.3) is 6.08 Å². The maximum Gasteiger partial charge on any atom is 0.330 e. The second kappa shape index (κ2) is 7.20. The van der Waals surface area contributed by atoms with Crippen molar-refractivity contribution in [3.63, 3.8) is 0 Å². The molecule has 0 N–H and O–H groups in total. The van der Waals surface area contributed by atoms with E-state index >= 15 is 0 Å². The van der Waals surface area contributed by atoms with Gasteiger partial charge in [0.25, 0.3) is 0 Å². The molecular formula is C18H16O3. The van der Waals surface area contributed by atoms with Crippen LogP contribution in [0.5, 0.6) is 0 Å². The van der Waals surface area contributed by atoms with E-state index < -0.39 is 0 Å². The number of ketones is 1. The van der Waals surface area contributed by atoms with E-state index in [0.29, 0.717) is 17.7 Å². The van der Waals surface area contributed by atoms with E-state index in [1.54, 1.807) is 49.4 Å². The van der Waals surface area contributed by atoms with Gasteiger partial charge in [0.05, 0.1) is 6.61 Å². The fraction of sp³-hybridized carbons (Fsp3) is 0.111. The van der Waals surface area contributed by atoms with Gasteiger partial charge in [-0.1, -0.05) is 54.6 Å². The molecule has 0 fully saturated rings. The summed E-state index contributed by atoms with van der Waals surface area (Å²) in [6, 6.07) is 16.2. The zero-order chi connectivity index (χ0) is 15.1. The monoisotopic (exact) mass is 280 g/mol. The lowest BCUT2D eigenvalue weighted by Gasteiger charge is -2.01. The van der Waals surface area contributed by atoms with Gasteiger partial charge in [-0.2, -0.15) is 0 Å². The Morgan fingerprint density at radius 2 is 1.57 bits per heavy atom. The van der Waals surface area contributed by atoms with Gasteiger partial charge >= 0.3 is 5.97 Å². The Morgan fingerprint density at radius 3 is 2.19 bits per heavy atom. The van der Waals surface area contributed by atoms with E-state index in [9.17, 15) is 9.59 Å². The summed E-state index contributed by atoms with van der Waals surface area (Å²) in [6.45, 7) is 2.11. The number of benzene rings is 2. The van der Waals surface area contributed by atoms with Crippen LogP contribution in [-0.2, 0) is 9.53 Å². The average molecular weight is 280 g/mol. The van der Waals surface area contributed by atoms with Crippen LogP contribution in [0, 0.1) is 0 Å². The van der Waals surface area contributed by atoms with Gasteiger partial charge in [-0.25, -0.2) is 4.79 Å². The Kier molecular flexibility index (Phi) is 5.04. The second-order valence-electron chi connectivity index (χ2n) is 4.40. The van der Waals surface area contributed by atoms with Crippen molar-refractivity contribution >= 4 is 17.8 Å². The largest absolute Gasteiger partial charge is 0.463 e. The van der Waals surface area contributed by atoms with Crippen LogP contribution in [0.4, 0.5) is 0 Å². The summed E-state index contributed by atoms with van der Waals surface area (Å²) < 4.78 is 4.80. The third-order valence-electron chi connectivity index (χ3n) is 2.91. The smallest absolute Gasteiger partial charge is 0.330 e. The van der Waals surface area contributed by atoms with Crippen LogP contribution < -0.4 is 0 Å². The van der Waals surface area contributed by atoms with Crippen LogP contribution in [0.2, 0.25) is 0 Å². The molecule has 0 saturated carbocycles. The van der Waals surface area contributed by atoms with Gasteiger partial charge in [0, 0.05) is 17.2 Å². The first-order valence-corrected chi connectivity index (χ1v) is 6.75. The molecule has 0 heterocycles. The molecule has 0 aromatic heterocycles. The molecule has 2 aromatic carbocycles. The lowest BCUT2D eigenvalue weighted by atomic mass is 10.0. The molecule has 0 unspecified atom stereocenters. The van der Waals surface area contributed by atoms with Crippen molar-refractivity contribution in [2.45, 2.75) is 6.92 Å². The Balaban J connectivity index is 2.09. The highest BCUT2D eigenvalue weighted by Gasteiger charge is 2.07. The molecule has 0 aliphatic rings. The molecule has 0 aliphatic heterocycles. The van der Waals surface area contributed by atoms with Crippen LogP contribution in [0.1, 0.15) is 28.4 Å². The molecular weight excluding hydrogens is 264 g/mol. The quantitative estimate of drug-likeness (QED) is 0.478. The third kappa shape index (κ3) is 4.14. The highest BCUT2D eigenvalue weighted by atomic mass is 16.5. The summed E-state index contributed by atoms with van der Waals surface area (Å²) in [5, 5.41) is 0. The Morgan fingerprint density at radius 1 is 0.952 bits per heavy atom. The molecule has 0 radical (unpaired) electrons. The first kappa shape index (κ1) is 14.7. The van der Waals surface area contributed by atoms with E-state index in [0.717, 1.165) is 5.56 Å². The Labute approximate surface area is 123 Å². The number of carbonyl (C=O) groups excluding carboxylic acids is 2. The third-order valence-corrected chi connectivity index (χ3v) is 2.91. The number of carbonyl (C=O) groups is 2. The molecule has 3 nitrogen and oxygen atoms in total. The van der Waals surface area contributed by atoms with Crippen LogP contribution >= 0.6 is 0 Å². The van der Waals surface area contributed by atoms with Crippen molar-refractivity contribution in [1.29, 1.82) is 0 Å². The van der Waals surface area contributed by atoms with Gasteiger partial charge in [0.2, 0.25) is 0 Å². The van der Waals surface area contributed by atoms with Crippen LogP contribution in [0.15, 0.2) is 60.7 Å². The molecule has 2 aromatic rings. The minimum atomic E-state index is -0.373.